The van der Waals surface area contributed by atoms with Crippen LogP contribution in [0.25, 0.3) is 0 Å². The van der Waals surface area contributed by atoms with Crippen molar-refractivity contribution in [2.45, 2.75) is 25.9 Å². The smallest absolute Gasteiger partial charge is 0.269 e. The van der Waals surface area contributed by atoms with E-state index in [2.05, 4.69) is 5.32 Å². The van der Waals surface area contributed by atoms with Crippen molar-refractivity contribution >= 4 is 23.2 Å². The standard InChI is InChI=1S/C20H20N2O4/c1-13-11-14(8-9-15(13)22-10-4-7-19(22)23)21-20(24)18-12-25-16-5-2-3-6-17(16)26-18/h2-3,5-6,8-9,11,18H,4,7,10,12H2,1H3,(H,21,24)/t18-/m0/s1. The maximum Gasteiger partial charge on any atom is 0.269 e. The van der Waals surface area contributed by atoms with Crippen LogP contribution < -0.4 is 19.7 Å². The molecule has 6 nitrogen and oxygen atoms in total. The molecule has 0 radical (unpaired) electrons. The summed E-state index contributed by atoms with van der Waals surface area (Å²) in [7, 11) is 0. The summed E-state index contributed by atoms with van der Waals surface area (Å²) in [5.74, 6) is 1.10. The highest BCUT2D eigenvalue weighted by Gasteiger charge is 2.28. The number of ether oxygens (including phenoxy) is 2. The first-order valence-electron chi connectivity index (χ1n) is 8.72. The number of para-hydroxylation sites is 2. The van der Waals surface area contributed by atoms with Gasteiger partial charge in [0.15, 0.2) is 11.5 Å². The summed E-state index contributed by atoms with van der Waals surface area (Å²) in [6, 6.07) is 12.8. The molecule has 0 aliphatic carbocycles. The van der Waals surface area contributed by atoms with E-state index in [4.69, 9.17) is 9.47 Å². The lowest BCUT2D eigenvalue weighted by Crippen LogP contribution is -2.40. The highest BCUT2D eigenvalue weighted by Crippen LogP contribution is 2.31. The first-order valence-corrected chi connectivity index (χ1v) is 8.72. The van der Waals surface area contributed by atoms with Gasteiger partial charge >= 0.3 is 0 Å². The Hall–Kier alpha value is -3.02. The minimum Gasteiger partial charge on any atom is -0.485 e. The van der Waals surface area contributed by atoms with Crippen LogP contribution in [0.3, 0.4) is 0 Å². The summed E-state index contributed by atoms with van der Waals surface area (Å²) in [6.45, 7) is 2.85. The average Bonchev–Trinajstić information content (AvgIpc) is 3.07. The highest BCUT2D eigenvalue weighted by molar-refractivity contribution is 5.98. The Balaban J connectivity index is 1.45. The lowest BCUT2D eigenvalue weighted by atomic mass is 10.1. The molecule has 6 heteroatoms. The first-order chi connectivity index (χ1) is 12.6. The largest absolute Gasteiger partial charge is 0.485 e. The highest BCUT2D eigenvalue weighted by atomic mass is 16.6. The lowest BCUT2D eigenvalue weighted by Gasteiger charge is -2.25. The predicted octanol–water partition coefficient (Wildman–Crippen LogP) is 2.90. The third kappa shape index (κ3) is 3.10. The van der Waals surface area contributed by atoms with Crippen molar-refractivity contribution in [1.82, 2.24) is 0 Å². The number of carbonyl (C=O) groups excluding carboxylic acids is 2. The second kappa shape index (κ2) is 6.71. The van der Waals surface area contributed by atoms with Gasteiger partial charge in [0.2, 0.25) is 12.0 Å². The first kappa shape index (κ1) is 16.4. The molecule has 2 amide bonds. The normalized spacial score (nSPS) is 18.7. The van der Waals surface area contributed by atoms with E-state index < -0.39 is 6.10 Å². The Morgan fingerprint density at radius 1 is 1.19 bits per heavy atom. The van der Waals surface area contributed by atoms with Crippen molar-refractivity contribution < 1.29 is 19.1 Å². The molecule has 2 heterocycles. The van der Waals surface area contributed by atoms with Gasteiger partial charge in [0.25, 0.3) is 5.91 Å². The Bertz CT molecular complexity index is 865. The van der Waals surface area contributed by atoms with Gasteiger partial charge in [0.05, 0.1) is 0 Å². The zero-order chi connectivity index (χ0) is 18.1. The second-order valence-corrected chi connectivity index (χ2v) is 6.50. The van der Waals surface area contributed by atoms with E-state index in [9.17, 15) is 9.59 Å². The van der Waals surface area contributed by atoms with Crippen molar-refractivity contribution in [2.75, 3.05) is 23.4 Å². The monoisotopic (exact) mass is 352 g/mol. The van der Waals surface area contributed by atoms with Crippen molar-refractivity contribution in [1.29, 1.82) is 0 Å². The average molecular weight is 352 g/mol. The number of hydrogen-bond acceptors (Lipinski definition) is 4. The molecule has 26 heavy (non-hydrogen) atoms. The quantitative estimate of drug-likeness (QED) is 0.922. The van der Waals surface area contributed by atoms with Crippen LogP contribution in [0.4, 0.5) is 11.4 Å². The van der Waals surface area contributed by atoms with E-state index >= 15 is 0 Å². The molecular weight excluding hydrogens is 332 g/mol. The van der Waals surface area contributed by atoms with E-state index in [0.29, 0.717) is 23.6 Å². The summed E-state index contributed by atoms with van der Waals surface area (Å²) in [5, 5.41) is 2.86. The second-order valence-electron chi connectivity index (χ2n) is 6.50. The fourth-order valence-corrected chi connectivity index (χ4v) is 3.31. The fourth-order valence-electron chi connectivity index (χ4n) is 3.31. The zero-order valence-corrected chi connectivity index (χ0v) is 14.5. The van der Waals surface area contributed by atoms with Gasteiger partial charge in [-0.05, 0) is 49.2 Å². The minimum atomic E-state index is -0.704. The van der Waals surface area contributed by atoms with Gasteiger partial charge in [-0.25, -0.2) is 0 Å². The van der Waals surface area contributed by atoms with E-state index in [1.165, 1.54) is 0 Å². The van der Waals surface area contributed by atoms with Crippen molar-refractivity contribution in [2.24, 2.45) is 0 Å². The fraction of sp³-hybridized carbons (Fsp3) is 0.300. The maximum absolute atomic E-state index is 12.5. The van der Waals surface area contributed by atoms with Crippen LogP contribution in [0.1, 0.15) is 18.4 Å². The number of nitrogens with zero attached hydrogens (tertiary/aromatic N) is 1. The molecular formula is C20H20N2O4. The number of amides is 2. The molecule has 0 bridgehead atoms. The Morgan fingerprint density at radius 2 is 2.00 bits per heavy atom. The number of fused-ring (bicyclic) bond motifs is 1. The Kier molecular flexibility index (Phi) is 4.24. The van der Waals surface area contributed by atoms with Gasteiger partial charge in [-0.3, -0.25) is 9.59 Å². The number of aryl methyl sites for hydroxylation is 1. The molecule has 1 N–H and O–H groups in total. The molecule has 1 fully saturated rings. The number of carbonyl (C=O) groups is 2. The van der Waals surface area contributed by atoms with Gasteiger partial charge in [-0.1, -0.05) is 12.1 Å². The molecule has 1 atom stereocenters. The number of rotatable bonds is 3. The zero-order valence-electron chi connectivity index (χ0n) is 14.5. The van der Waals surface area contributed by atoms with Gasteiger partial charge in [0.1, 0.15) is 6.61 Å². The predicted molar refractivity (Wildman–Crippen MR) is 97.7 cm³/mol. The molecule has 0 unspecified atom stereocenters. The van der Waals surface area contributed by atoms with E-state index in [1.807, 2.05) is 43.3 Å². The topological polar surface area (TPSA) is 67.9 Å². The summed E-state index contributed by atoms with van der Waals surface area (Å²) in [5.41, 5.74) is 2.52. The van der Waals surface area contributed by atoms with Crippen molar-refractivity contribution in [3.05, 3.63) is 48.0 Å². The molecule has 2 aromatic rings. The van der Waals surface area contributed by atoms with Gasteiger partial charge in [0, 0.05) is 24.3 Å². The van der Waals surface area contributed by atoms with Gasteiger partial charge in [-0.15, -0.1) is 0 Å². The van der Waals surface area contributed by atoms with Crippen LogP contribution in [-0.4, -0.2) is 31.1 Å². The molecule has 2 aromatic carbocycles. The third-order valence-corrected chi connectivity index (χ3v) is 4.63. The van der Waals surface area contributed by atoms with E-state index in [-0.39, 0.29) is 18.4 Å². The summed E-state index contributed by atoms with van der Waals surface area (Å²) < 4.78 is 11.3. The molecule has 2 aliphatic heterocycles. The number of benzene rings is 2. The third-order valence-electron chi connectivity index (χ3n) is 4.63. The van der Waals surface area contributed by atoms with Crippen LogP contribution in [0.5, 0.6) is 11.5 Å². The SMILES string of the molecule is Cc1cc(NC(=O)[C@@H]2COc3ccccc3O2)ccc1N1CCCC1=O. The van der Waals surface area contributed by atoms with E-state index in [0.717, 1.165) is 24.2 Å². The Morgan fingerprint density at radius 3 is 2.73 bits per heavy atom. The van der Waals surface area contributed by atoms with Crippen LogP contribution in [0.15, 0.2) is 42.5 Å². The number of hydrogen-bond donors (Lipinski definition) is 1. The Labute approximate surface area is 151 Å². The number of nitrogens with one attached hydrogen (secondary N) is 1. The molecule has 0 aromatic heterocycles. The molecule has 1 saturated heterocycles. The molecule has 134 valence electrons. The van der Waals surface area contributed by atoms with Crippen LogP contribution in [-0.2, 0) is 9.59 Å². The molecule has 2 aliphatic rings. The maximum atomic E-state index is 12.5. The molecule has 0 saturated carbocycles. The van der Waals surface area contributed by atoms with Gasteiger partial charge < -0.3 is 19.7 Å². The molecule has 4 rings (SSSR count). The lowest BCUT2D eigenvalue weighted by molar-refractivity contribution is -0.125. The van der Waals surface area contributed by atoms with Crippen molar-refractivity contribution in [3.63, 3.8) is 0 Å². The summed E-state index contributed by atoms with van der Waals surface area (Å²) in [4.78, 5) is 26.2. The van der Waals surface area contributed by atoms with E-state index in [1.54, 1.807) is 11.0 Å². The van der Waals surface area contributed by atoms with Crippen LogP contribution in [0.2, 0.25) is 0 Å². The summed E-state index contributed by atoms with van der Waals surface area (Å²) >= 11 is 0. The molecule has 0 spiro atoms. The van der Waals surface area contributed by atoms with Crippen LogP contribution >= 0.6 is 0 Å². The van der Waals surface area contributed by atoms with Crippen molar-refractivity contribution in [3.8, 4) is 11.5 Å². The number of anilines is 2. The van der Waals surface area contributed by atoms with Gasteiger partial charge in [-0.2, -0.15) is 0 Å². The summed E-state index contributed by atoms with van der Waals surface area (Å²) in [6.07, 6.45) is 0.778. The minimum absolute atomic E-state index is 0.149. The van der Waals surface area contributed by atoms with Crippen LogP contribution in [0, 0.1) is 6.92 Å².